The van der Waals surface area contributed by atoms with Crippen LogP contribution in [0.4, 0.5) is 0 Å². The lowest BCUT2D eigenvalue weighted by Gasteiger charge is -2.10. The van der Waals surface area contributed by atoms with E-state index in [9.17, 15) is 0 Å². The van der Waals surface area contributed by atoms with Crippen molar-refractivity contribution < 1.29 is 0 Å². The van der Waals surface area contributed by atoms with Crippen LogP contribution in [0.5, 0.6) is 0 Å². The van der Waals surface area contributed by atoms with Gasteiger partial charge < -0.3 is 0 Å². The fraction of sp³-hybridized carbons (Fsp3) is 0.765. The third-order valence-corrected chi connectivity index (χ3v) is 3.12. The van der Waals surface area contributed by atoms with Crippen molar-refractivity contribution >= 4 is 0 Å². The summed E-state index contributed by atoms with van der Waals surface area (Å²) in [6.45, 7) is 6.66. The molecule has 0 saturated heterocycles. The van der Waals surface area contributed by atoms with Crippen LogP contribution in [0.3, 0.4) is 0 Å². The highest BCUT2D eigenvalue weighted by molar-refractivity contribution is 4.88. The lowest BCUT2D eigenvalue weighted by molar-refractivity contribution is 0.411. The normalized spacial score (nSPS) is 12.2. The van der Waals surface area contributed by atoms with Gasteiger partial charge in [0.2, 0.25) is 0 Å². The van der Waals surface area contributed by atoms with Gasteiger partial charge in [-0.3, -0.25) is 4.90 Å². The summed E-state index contributed by atoms with van der Waals surface area (Å²) in [6.07, 6.45) is 19.8. The van der Waals surface area contributed by atoms with Gasteiger partial charge in [-0.2, -0.15) is 0 Å². The summed E-state index contributed by atoms with van der Waals surface area (Å²) in [7, 11) is 2.19. The topological polar surface area (TPSA) is 3.24 Å². The third kappa shape index (κ3) is 13.5. The molecule has 0 aromatic rings. The Balaban J connectivity index is 3.38. The first-order valence-electron chi connectivity index (χ1n) is 7.79. The van der Waals surface area contributed by atoms with E-state index in [0.717, 1.165) is 13.1 Å². The monoisotopic (exact) mass is 251 g/mol. The summed E-state index contributed by atoms with van der Waals surface area (Å²) < 4.78 is 0. The average Bonchev–Trinajstić information content (AvgIpc) is 2.38. The number of nitrogens with zero attached hydrogens (tertiary/aromatic N) is 1. The first-order chi connectivity index (χ1) is 8.81. The molecule has 0 saturated carbocycles. The van der Waals surface area contributed by atoms with Crippen LogP contribution in [0.2, 0.25) is 0 Å². The van der Waals surface area contributed by atoms with Gasteiger partial charge in [0, 0.05) is 13.1 Å². The molecule has 106 valence electrons. The van der Waals surface area contributed by atoms with Gasteiger partial charge >= 0.3 is 0 Å². The quantitative estimate of drug-likeness (QED) is 0.341. The van der Waals surface area contributed by atoms with E-state index >= 15 is 0 Å². The van der Waals surface area contributed by atoms with Gasteiger partial charge in [-0.25, -0.2) is 0 Å². The second-order valence-electron chi connectivity index (χ2n) is 5.16. The van der Waals surface area contributed by atoms with Crippen LogP contribution in [0.15, 0.2) is 24.3 Å². The van der Waals surface area contributed by atoms with E-state index in [0.29, 0.717) is 0 Å². The minimum atomic E-state index is 1.07. The van der Waals surface area contributed by atoms with Crippen molar-refractivity contribution in [1.82, 2.24) is 4.90 Å². The van der Waals surface area contributed by atoms with Crippen LogP contribution in [-0.2, 0) is 0 Å². The first kappa shape index (κ1) is 17.4. The predicted octanol–water partition coefficient (Wildman–Crippen LogP) is 5.19. The van der Waals surface area contributed by atoms with E-state index in [2.05, 4.69) is 50.1 Å². The number of hydrogen-bond acceptors (Lipinski definition) is 1. The average molecular weight is 251 g/mol. The van der Waals surface area contributed by atoms with Crippen LogP contribution in [0.25, 0.3) is 0 Å². The highest BCUT2D eigenvalue weighted by atomic mass is 15.1. The second kappa shape index (κ2) is 14.5. The first-order valence-corrected chi connectivity index (χ1v) is 7.79. The molecule has 0 aliphatic carbocycles. The van der Waals surface area contributed by atoms with E-state index in [4.69, 9.17) is 0 Å². The van der Waals surface area contributed by atoms with E-state index < -0.39 is 0 Å². The molecule has 0 fully saturated rings. The van der Waals surface area contributed by atoms with Gasteiger partial charge in [0.15, 0.2) is 0 Å². The molecule has 0 aromatic heterocycles. The number of unbranched alkanes of at least 4 members (excludes halogenated alkanes) is 6. The zero-order valence-corrected chi connectivity index (χ0v) is 12.8. The predicted molar refractivity (Wildman–Crippen MR) is 84.1 cm³/mol. The van der Waals surface area contributed by atoms with Gasteiger partial charge in [0.25, 0.3) is 0 Å². The zero-order chi connectivity index (χ0) is 13.5. The summed E-state index contributed by atoms with van der Waals surface area (Å²) in [5, 5.41) is 0. The molecule has 18 heavy (non-hydrogen) atoms. The van der Waals surface area contributed by atoms with Crippen molar-refractivity contribution in [2.24, 2.45) is 0 Å². The maximum atomic E-state index is 2.35. The van der Waals surface area contributed by atoms with Crippen molar-refractivity contribution in [3.05, 3.63) is 24.3 Å². The Bertz CT molecular complexity index is 184. The highest BCUT2D eigenvalue weighted by Gasteiger charge is 1.90. The van der Waals surface area contributed by atoms with Crippen molar-refractivity contribution in [2.75, 3.05) is 20.1 Å². The molecule has 0 aliphatic heterocycles. The van der Waals surface area contributed by atoms with Gasteiger partial charge in [-0.15, -0.1) is 0 Å². The smallest absolute Gasteiger partial charge is 0.0163 e. The van der Waals surface area contributed by atoms with Crippen molar-refractivity contribution in [2.45, 2.75) is 65.2 Å². The Morgan fingerprint density at radius 1 is 0.667 bits per heavy atom. The number of allylic oxidation sites excluding steroid dienone is 2. The SMILES string of the molecule is CCCCC/C=C/CN(C)C/C=C/CCCCC. The van der Waals surface area contributed by atoms with E-state index in [1.165, 1.54) is 51.4 Å². The van der Waals surface area contributed by atoms with E-state index in [1.807, 2.05) is 0 Å². The fourth-order valence-corrected chi connectivity index (χ4v) is 1.84. The zero-order valence-electron chi connectivity index (χ0n) is 12.8. The molecule has 0 rings (SSSR count). The summed E-state index contributed by atoms with van der Waals surface area (Å²) in [5.41, 5.74) is 0. The Morgan fingerprint density at radius 2 is 1.11 bits per heavy atom. The molecule has 1 nitrogen and oxygen atoms in total. The molecule has 0 atom stereocenters. The Morgan fingerprint density at radius 3 is 1.50 bits per heavy atom. The number of rotatable bonds is 12. The molecule has 0 bridgehead atoms. The van der Waals surface area contributed by atoms with Crippen LogP contribution in [-0.4, -0.2) is 25.0 Å². The molecule has 1 heteroatoms. The molecular formula is C17H33N. The van der Waals surface area contributed by atoms with E-state index in [-0.39, 0.29) is 0 Å². The van der Waals surface area contributed by atoms with Crippen molar-refractivity contribution in [3.8, 4) is 0 Å². The van der Waals surface area contributed by atoms with Gasteiger partial charge in [-0.05, 0) is 32.7 Å². The molecule has 0 spiro atoms. The minimum absolute atomic E-state index is 1.07. The lowest BCUT2D eigenvalue weighted by Crippen LogP contribution is -2.17. The molecule has 0 unspecified atom stereocenters. The second-order valence-corrected chi connectivity index (χ2v) is 5.16. The van der Waals surface area contributed by atoms with Gasteiger partial charge in [-0.1, -0.05) is 63.8 Å². The van der Waals surface area contributed by atoms with Crippen molar-refractivity contribution in [1.29, 1.82) is 0 Å². The molecule has 0 aromatic carbocycles. The van der Waals surface area contributed by atoms with Crippen LogP contribution in [0.1, 0.15) is 65.2 Å². The molecule has 0 radical (unpaired) electrons. The molecule has 0 heterocycles. The fourth-order valence-electron chi connectivity index (χ4n) is 1.84. The summed E-state index contributed by atoms with van der Waals surface area (Å²) in [6, 6.07) is 0. The van der Waals surface area contributed by atoms with Crippen LogP contribution < -0.4 is 0 Å². The maximum absolute atomic E-state index is 2.35. The van der Waals surface area contributed by atoms with Crippen LogP contribution >= 0.6 is 0 Å². The molecule has 0 aliphatic rings. The van der Waals surface area contributed by atoms with E-state index in [1.54, 1.807) is 0 Å². The number of hydrogen-bond donors (Lipinski definition) is 0. The molecular weight excluding hydrogens is 218 g/mol. The maximum Gasteiger partial charge on any atom is 0.0163 e. The Kier molecular flexibility index (Phi) is 14.0. The molecule has 0 N–H and O–H groups in total. The summed E-state index contributed by atoms with van der Waals surface area (Å²) in [4.78, 5) is 2.35. The van der Waals surface area contributed by atoms with Gasteiger partial charge in [0.05, 0.1) is 0 Å². The lowest BCUT2D eigenvalue weighted by atomic mass is 10.2. The van der Waals surface area contributed by atoms with Crippen molar-refractivity contribution in [3.63, 3.8) is 0 Å². The van der Waals surface area contributed by atoms with Gasteiger partial charge in [0.1, 0.15) is 0 Å². The standard InChI is InChI=1S/C17H33N/c1-4-6-8-10-12-14-16-18(3)17-15-13-11-9-7-5-2/h12-15H,4-11,16-17H2,1-3H3/b14-12+,15-13+. The largest absolute Gasteiger partial charge is 0.299 e. The summed E-state index contributed by atoms with van der Waals surface area (Å²) >= 11 is 0. The highest BCUT2D eigenvalue weighted by Crippen LogP contribution is 2.01. The number of likely N-dealkylation sites (N-methyl/N-ethyl adjacent to an activating group) is 1. The third-order valence-electron chi connectivity index (χ3n) is 3.12. The summed E-state index contributed by atoms with van der Waals surface area (Å²) in [5.74, 6) is 0. The Labute approximate surface area is 115 Å². The van der Waals surface area contributed by atoms with Crippen LogP contribution in [0, 0.1) is 0 Å². The molecule has 0 amide bonds. The minimum Gasteiger partial charge on any atom is -0.299 e. The Hall–Kier alpha value is -0.560.